The van der Waals surface area contributed by atoms with E-state index in [1.807, 2.05) is 6.07 Å². The van der Waals surface area contributed by atoms with Gasteiger partial charge in [0.1, 0.15) is 16.4 Å². The van der Waals surface area contributed by atoms with Gasteiger partial charge in [-0.1, -0.05) is 6.07 Å². The summed E-state index contributed by atoms with van der Waals surface area (Å²) in [7, 11) is 0. The van der Waals surface area contributed by atoms with Crippen LogP contribution in [0.5, 0.6) is 0 Å². The maximum Gasteiger partial charge on any atom is 0.275 e. The Kier molecular flexibility index (Phi) is 3.96. The van der Waals surface area contributed by atoms with Crippen LogP contribution >= 0.6 is 11.3 Å². The average molecular weight is 441 g/mol. The van der Waals surface area contributed by atoms with Crippen molar-refractivity contribution in [3.05, 3.63) is 54.1 Å². The molecular weight excluding hydrogens is 414 g/mol. The van der Waals surface area contributed by atoms with Crippen LogP contribution in [0.3, 0.4) is 0 Å². The number of hydrogen-bond acceptors (Lipinski definition) is 7. The van der Waals surface area contributed by atoms with Crippen LogP contribution in [0.2, 0.25) is 0 Å². The molecular formula is C21H21N7O2S. The molecule has 0 unspecified atom stereocenters. The number of amides is 1. The molecule has 1 aliphatic rings. The lowest BCUT2D eigenvalue weighted by Crippen LogP contribution is -2.33. The van der Waals surface area contributed by atoms with Gasteiger partial charge in [-0.3, -0.25) is 19.6 Å². The number of anilines is 1. The highest BCUT2D eigenvalue weighted by molar-refractivity contribution is 7.13. The Bertz CT molecular complexity index is 1350. The summed E-state index contributed by atoms with van der Waals surface area (Å²) >= 11 is 1.33. The molecule has 0 aliphatic heterocycles. The number of ether oxygens (including phenoxy) is 1. The summed E-state index contributed by atoms with van der Waals surface area (Å²) in [4.78, 5) is 21.7. The number of nitrogens with one attached hydrogen (secondary N) is 2. The van der Waals surface area contributed by atoms with Gasteiger partial charge in [0.2, 0.25) is 0 Å². The number of hydrogen-bond donors (Lipinski definition) is 2. The largest absolute Gasteiger partial charge is 0.378 e. The van der Waals surface area contributed by atoms with Gasteiger partial charge in [0.25, 0.3) is 5.91 Å². The molecule has 2 N–H and O–H groups in total. The van der Waals surface area contributed by atoms with E-state index in [4.69, 9.17) is 11.6 Å². The smallest absolute Gasteiger partial charge is 0.275 e. The average Bonchev–Trinajstić information content (AvgIpc) is 3.56. The van der Waals surface area contributed by atoms with E-state index < -0.39 is 25.4 Å². The van der Waals surface area contributed by atoms with Crippen LogP contribution in [-0.4, -0.2) is 48.5 Å². The SMILES string of the molecule is [2H]C([2H])([2H])C([2H])([2H])O[C@H]1C[C@@H](n2cc(NC(=O)c3csc(-c4cn[nH]c4)n3)c(-c3ccccn3)n2)C1. The highest BCUT2D eigenvalue weighted by Gasteiger charge is 2.32. The fraction of sp³-hybridized carbons (Fsp3) is 0.286. The van der Waals surface area contributed by atoms with Gasteiger partial charge in [-0.15, -0.1) is 11.3 Å². The van der Waals surface area contributed by atoms with Gasteiger partial charge in [0.05, 0.1) is 32.5 Å². The molecule has 0 radical (unpaired) electrons. The molecule has 1 saturated carbocycles. The monoisotopic (exact) mass is 440 g/mol. The number of pyridine rings is 1. The Labute approximate surface area is 189 Å². The topological polar surface area (TPSA) is 111 Å². The standard InChI is InChI=1S/C21H21N7O2S/c1-2-30-15-7-14(8-15)28-11-17(19(27-28)16-5-3-4-6-22-16)25-20(29)18-12-31-21(26-18)13-9-23-24-10-13/h3-6,9-12,14-15H,2,7-8H2,1H3,(H,23,24)(H,25,29)/t14-,15+/i1D3,2D2. The molecule has 1 amide bonds. The molecule has 0 atom stereocenters. The van der Waals surface area contributed by atoms with Gasteiger partial charge in [-0.25, -0.2) is 4.98 Å². The van der Waals surface area contributed by atoms with Crippen LogP contribution in [0.25, 0.3) is 22.0 Å². The third-order valence-electron chi connectivity index (χ3n) is 5.04. The zero-order valence-corrected chi connectivity index (χ0v) is 17.0. The van der Waals surface area contributed by atoms with Crippen LogP contribution in [0, 0.1) is 0 Å². The molecule has 5 rings (SSSR count). The van der Waals surface area contributed by atoms with E-state index in [-0.39, 0.29) is 11.7 Å². The second-order valence-corrected chi connectivity index (χ2v) is 7.89. The number of rotatable bonds is 7. The third kappa shape index (κ3) is 3.99. The lowest BCUT2D eigenvalue weighted by molar-refractivity contribution is -0.0226. The summed E-state index contributed by atoms with van der Waals surface area (Å²) in [5, 5.41) is 16.4. The quantitative estimate of drug-likeness (QED) is 0.452. The van der Waals surface area contributed by atoms with E-state index in [1.54, 1.807) is 47.0 Å². The summed E-state index contributed by atoms with van der Waals surface area (Å²) in [6.45, 7) is -5.60. The first-order valence-corrected chi connectivity index (χ1v) is 10.4. The summed E-state index contributed by atoms with van der Waals surface area (Å²) in [6, 6.07) is 5.22. The van der Waals surface area contributed by atoms with Crippen LogP contribution in [0.15, 0.2) is 48.4 Å². The molecule has 158 valence electrons. The van der Waals surface area contributed by atoms with E-state index in [9.17, 15) is 4.79 Å². The number of H-pyrrole nitrogens is 1. The minimum Gasteiger partial charge on any atom is -0.378 e. The van der Waals surface area contributed by atoms with E-state index in [2.05, 4.69) is 30.6 Å². The fourth-order valence-corrected chi connectivity index (χ4v) is 4.14. The molecule has 1 fully saturated rings. The molecule has 4 aromatic heterocycles. The van der Waals surface area contributed by atoms with Gasteiger partial charge in [-0.05, 0) is 31.8 Å². The Morgan fingerprint density at radius 2 is 2.42 bits per heavy atom. The summed E-state index contributed by atoms with van der Waals surface area (Å²) < 4.78 is 44.1. The van der Waals surface area contributed by atoms with Crippen molar-refractivity contribution in [3.8, 4) is 22.0 Å². The molecule has 0 aromatic carbocycles. The van der Waals surface area contributed by atoms with Crippen molar-refractivity contribution < 1.29 is 16.4 Å². The van der Waals surface area contributed by atoms with Crippen molar-refractivity contribution in [3.63, 3.8) is 0 Å². The summed E-state index contributed by atoms with van der Waals surface area (Å²) in [6.07, 6.45) is 6.85. The van der Waals surface area contributed by atoms with Gasteiger partial charge in [0, 0.05) is 40.2 Å². The highest BCUT2D eigenvalue weighted by Crippen LogP contribution is 2.37. The van der Waals surface area contributed by atoms with Crippen LogP contribution in [0.4, 0.5) is 5.69 Å². The van der Waals surface area contributed by atoms with Gasteiger partial charge < -0.3 is 10.1 Å². The fourth-order valence-electron chi connectivity index (χ4n) is 3.36. The van der Waals surface area contributed by atoms with Crippen molar-refractivity contribution in [1.29, 1.82) is 0 Å². The van der Waals surface area contributed by atoms with Crippen molar-refractivity contribution in [2.24, 2.45) is 0 Å². The van der Waals surface area contributed by atoms with Crippen molar-refractivity contribution in [2.75, 3.05) is 11.9 Å². The van der Waals surface area contributed by atoms with E-state index in [0.717, 1.165) is 5.56 Å². The predicted molar refractivity (Wildman–Crippen MR) is 117 cm³/mol. The van der Waals surface area contributed by atoms with Gasteiger partial charge in [-0.2, -0.15) is 10.2 Å². The molecule has 0 spiro atoms. The molecule has 4 aromatic rings. The Balaban J connectivity index is 1.34. The second kappa shape index (κ2) is 8.40. The Morgan fingerprint density at radius 1 is 1.48 bits per heavy atom. The first-order valence-electron chi connectivity index (χ1n) is 12.0. The molecule has 9 nitrogen and oxygen atoms in total. The maximum absolute atomic E-state index is 13.0. The number of carbonyl (C=O) groups is 1. The van der Waals surface area contributed by atoms with Crippen molar-refractivity contribution in [1.82, 2.24) is 29.9 Å². The second-order valence-electron chi connectivity index (χ2n) is 7.03. The number of aromatic amines is 1. The van der Waals surface area contributed by atoms with Crippen molar-refractivity contribution in [2.45, 2.75) is 31.8 Å². The number of nitrogens with zero attached hydrogens (tertiary/aromatic N) is 5. The Hall–Kier alpha value is -3.37. The first-order chi connectivity index (χ1) is 17.1. The Morgan fingerprint density at radius 3 is 3.19 bits per heavy atom. The number of carbonyl (C=O) groups excluding carboxylic acids is 1. The molecule has 0 bridgehead atoms. The van der Waals surface area contributed by atoms with Crippen LogP contribution in [-0.2, 0) is 4.74 Å². The van der Waals surface area contributed by atoms with E-state index >= 15 is 0 Å². The maximum atomic E-state index is 13.0. The minimum atomic E-state index is -2.87. The summed E-state index contributed by atoms with van der Waals surface area (Å²) in [5.74, 6) is -0.404. The zero-order chi connectivity index (χ0) is 25.5. The van der Waals surface area contributed by atoms with Crippen molar-refractivity contribution >= 4 is 22.9 Å². The van der Waals surface area contributed by atoms with Gasteiger partial charge in [0.15, 0.2) is 0 Å². The number of thiazole rings is 1. The predicted octanol–water partition coefficient (Wildman–Crippen LogP) is 3.78. The third-order valence-corrected chi connectivity index (χ3v) is 5.93. The first kappa shape index (κ1) is 14.6. The molecule has 31 heavy (non-hydrogen) atoms. The molecule has 0 saturated heterocycles. The molecule has 10 heteroatoms. The molecule has 4 heterocycles. The van der Waals surface area contributed by atoms with Gasteiger partial charge >= 0.3 is 0 Å². The molecule has 1 aliphatic carbocycles. The summed E-state index contributed by atoms with van der Waals surface area (Å²) in [5.41, 5.74) is 2.51. The highest BCUT2D eigenvalue weighted by atomic mass is 32.1. The van der Waals surface area contributed by atoms with E-state index in [0.29, 0.717) is 34.9 Å². The minimum absolute atomic E-state index is 0.150. The normalized spacial score (nSPS) is 21.2. The van der Waals surface area contributed by atoms with Crippen LogP contribution in [0.1, 0.15) is 43.1 Å². The zero-order valence-electron chi connectivity index (χ0n) is 21.1. The lowest BCUT2D eigenvalue weighted by atomic mass is 9.89. The van der Waals surface area contributed by atoms with E-state index in [1.165, 1.54) is 11.3 Å². The lowest BCUT2D eigenvalue weighted by Gasteiger charge is -2.34. The van der Waals surface area contributed by atoms with Crippen LogP contribution < -0.4 is 5.32 Å². The number of aromatic nitrogens is 6.